The summed E-state index contributed by atoms with van der Waals surface area (Å²) in [5.74, 6) is -0.324. The Bertz CT molecular complexity index is 473. The molecule has 0 aromatic heterocycles. The van der Waals surface area contributed by atoms with Gasteiger partial charge in [0, 0.05) is 38.4 Å². The molecule has 0 radical (unpaired) electrons. The van der Waals surface area contributed by atoms with Gasteiger partial charge in [-0.1, -0.05) is 6.07 Å². The molecule has 5 nitrogen and oxygen atoms in total. The van der Waals surface area contributed by atoms with Crippen molar-refractivity contribution in [2.24, 2.45) is 0 Å². The van der Waals surface area contributed by atoms with Crippen molar-refractivity contribution in [1.82, 2.24) is 9.80 Å². The molecule has 0 unspecified atom stereocenters. The summed E-state index contributed by atoms with van der Waals surface area (Å²) in [5, 5.41) is 11.6. The van der Waals surface area contributed by atoms with Gasteiger partial charge in [0.05, 0.1) is 6.61 Å². The normalized spacial score (nSPS) is 16.2. The van der Waals surface area contributed by atoms with E-state index in [2.05, 4.69) is 10.2 Å². The van der Waals surface area contributed by atoms with E-state index in [1.807, 2.05) is 0 Å². The summed E-state index contributed by atoms with van der Waals surface area (Å²) in [6.07, 6.45) is 0. The second-order valence-electron chi connectivity index (χ2n) is 4.95. The number of halogens is 1. The van der Waals surface area contributed by atoms with Gasteiger partial charge in [-0.15, -0.1) is 0 Å². The van der Waals surface area contributed by atoms with Gasteiger partial charge < -0.3 is 15.3 Å². The molecule has 0 aliphatic carbocycles. The molecular formula is C14H20FN3O2. The number of rotatable bonds is 3. The van der Waals surface area contributed by atoms with Crippen LogP contribution in [0, 0.1) is 12.7 Å². The van der Waals surface area contributed by atoms with E-state index in [1.54, 1.807) is 24.0 Å². The van der Waals surface area contributed by atoms with Crippen LogP contribution in [0.25, 0.3) is 0 Å². The number of anilines is 1. The minimum atomic E-state index is -0.324. The van der Waals surface area contributed by atoms with E-state index >= 15 is 0 Å². The van der Waals surface area contributed by atoms with Gasteiger partial charge in [-0.3, -0.25) is 4.90 Å². The maximum Gasteiger partial charge on any atom is 0.321 e. The molecule has 1 aromatic carbocycles. The Labute approximate surface area is 118 Å². The highest BCUT2D eigenvalue weighted by molar-refractivity contribution is 5.89. The van der Waals surface area contributed by atoms with Crippen molar-refractivity contribution < 1.29 is 14.3 Å². The molecule has 1 aliphatic heterocycles. The summed E-state index contributed by atoms with van der Waals surface area (Å²) < 4.78 is 13.4. The molecule has 0 atom stereocenters. The zero-order chi connectivity index (χ0) is 14.5. The van der Waals surface area contributed by atoms with Crippen molar-refractivity contribution in [3.05, 3.63) is 29.6 Å². The first-order chi connectivity index (χ1) is 9.60. The monoisotopic (exact) mass is 281 g/mol. The molecule has 6 heteroatoms. The number of nitrogens with one attached hydrogen (secondary N) is 1. The molecule has 1 aromatic rings. The molecule has 110 valence electrons. The lowest BCUT2D eigenvalue weighted by atomic mass is 10.2. The second-order valence-corrected chi connectivity index (χ2v) is 4.95. The van der Waals surface area contributed by atoms with Gasteiger partial charge in [-0.25, -0.2) is 9.18 Å². The number of nitrogens with zero attached hydrogens (tertiary/aromatic N) is 2. The predicted octanol–water partition coefficient (Wildman–Crippen LogP) is 1.28. The van der Waals surface area contributed by atoms with Crippen molar-refractivity contribution >= 4 is 11.7 Å². The highest BCUT2D eigenvalue weighted by Gasteiger charge is 2.20. The molecule has 20 heavy (non-hydrogen) atoms. The topological polar surface area (TPSA) is 55.8 Å². The number of carbonyl (C=O) groups is 1. The van der Waals surface area contributed by atoms with Crippen LogP contribution >= 0.6 is 0 Å². The van der Waals surface area contributed by atoms with E-state index in [0.717, 1.165) is 13.1 Å². The molecular weight excluding hydrogens is 261 g/mol. The number of carbonyl (C=O) groups excluding carboxylic acids is 1. The van der Waals surface area contributed by atoms with Crippen molar-refractivity contribution in [2.45, 2.75) is 6.92 Å². The SMILES string of the molecule is Cc1ccc(NC(=O)N2CCN(CCO)CC2)cc1F. The van der Waals surface area contributed by atoms with Gasteiger partial charge in [0.1, 0.15) is 5.82 Å². The second kappa shape index (κ2) is 6.67. The molecule has 1 heterocycles. The molecule has 1 aliphatic rings. The number of β-amino-alcohol motifs (C(OH)–C–C–N with tert-alkyl or cyclic N) is 1. The van der Waals surface area contributed by atoms with Crippen LogP contribution < -0.4 is 5.32 Å². The summed E-state index contributed by atoms with van der Waals surface area (Å²) >= 11 is 0. The van der Waals surface area contributed by atoms with Gasteiger partial charge in [0.25, 0.3) is 0 Å². The number of aliphatic hydroxyl groups excluding tert-OH is 1. The quantitative estimate of drug-likeness (QED) is 0.877. The Kier molecular flexibility index (Phi) is 4.92. The minimum absolute atomic E-state index is 0.134. The number of piperazine rings is 1. The van der Waals surface area contributed by atoms with E-state index in [9.17, 15) is 9.18 Å². The zero-order valence-corrected chi connectivity index (χ0v) is 11.6. The molecule has 2 amide bonds. The van der Waals surface area contributed by atoms with E-state index < -0.39 is 0 Å². The van der Waals surface area contributed by atoms with Gasteiger partial charge in [-0.05, 0) is 24.6 Å². The van der Waals surface area contributed by atoms with Crippen LogP contribution in [0.1, 0.15) is 5.56 Å². The predicted molar refractivity (Wildman–Crippen MR) is 75.3 cm³/mol. The van der Waals surface area contributed by atoms with Crippen molar-refractivity contribution in [1.29, 1.82) is 0 Å². The highest BCUT2D eigenvalue weighted by Crippen LogP contribution is 2.14. The number of aliphatic hydroxyl groups is 1. The largest absolute Gasteiger partial charge is 0.395 e. The first kappa shape index (κ1) is 14.7. The van der Waals surface area contributed by atoms with Crippen LogP contribution in [0.3, 0.4) is 0 Å². The van der Waals surface area contributed by atoms with Crippen LogP contribution in [0.5, 0.6) is 0 Å². The minimum Gasteiger partial charge on any atom is -0.395 e. The number of amides is 2. The average molecular weight is 281 g/mol. The van der Waals surface area contributed by atoms with Gasteiger partial charge >= 0.3 is 6.03 Å². The van der Waals surface area contributed by atoms with E-state index in [1.165, 1.54) is 6.07 Å². The zero-order valence-electron chi connectivity index (χ0n) is 11.6. The Morgan fingerprint density at radius 3 is 2.65 bits per heavy atom. The molecule has 0 saturated carbocycles. The van der Waals surface area contributed by atoms with Crippen LogP contribution in [0.4, 0.5) is 14.9 Å². The Morgan fingerprint density at radius 2 is 2.05 bits per heavy atom. The summed E-state index contributed by atoms with van der Waals surface area (Å²) in [6, 6.07) is 4.45. The summed E-state index contributed by atoms with van der Waals surface area (Å²) in [4.78, 5) is 15.9. The average Bonchev–Trinajstić information content (AvgIpc) is 2.44. The molecule has 0 bridgehead atoms. The summed E-state index contributed by atoms with van der Waals surface area (Å²) in [6.45, 7) is 5.17. The molecule has 2 rings (SSSR count). The fourth-order valence-electron chi connectivity index (χ4n) is 2.19. The Balaban J connectivity index is 1.88. The lowest BCUT2D eigenvalue weighted by Crippen LogP contribution is -2.50. The van der Waals surface area contributed by atoms with Crippen LogP contribution in [0.15, 0.2) is 18.2 Å². The first-order valence-electron chi connectivity index (χ1n) is 6.75. The standard InChI is InChI=1S/C14H20FN3O2/c1-11-2-3-12(10-13(11)15)16-14(20)18-6-4-17(5-7-18)8-9-19/h2-3,10,19H,4-9H2,1H3,(H,16,20). The summed E-state index contributed by atoms with van der Waals surface area (Å²) in [5.41, 5.74) is 1.02. The molecule has 1 saturated heterocycles. The third kappa shape index (κ3) is 3.68. The van der Waals surface area contributed by atoms with E-state index in [-0.39, 0.29) is 18.5 Å². The van der Waals surface area contributed by atoms with Crippen molar-refractivity contribution in [2.75, 3.05) is 44.6 Å². The fraction of sp³-hybridized carbons (Fsp3) is 0.500. The van der Waals surface area contributed by atoms with Crippen molar-refractivity contribution in [3.63, 3.8) is 0 Å². The van der Waals surface area contributed by atoms with Gasteiger partial charge in [0.2, 0.25) is 0 Å². The number of benzene rings is 1. The Morgan fingerprint density at radius 1 is 1.35 bits per heavy atom. The fourth-order valence-corrected chi connectivity index (χ4v) is 2.19. The van der Waals surface area contributed by atoms with Crippen LogP contribution in [-0.4, -0.2) is 60.3 Å². The van der Waals surface area contributed by atoms with Crippen molar-refractivity contribution in [3.8, 4) is 0 Å². The van der Waals surface area contributed by atoms with E-state index in [4.69, 9.17) is 5.11 Å². The lowest BCUT2D eigenvalue weighted by molar-refractivity contribution is 0.127. The smallest absolute Gasteiger partial charge is 0.321 e. The number of urea groups is 1. The first-order valence-corrected chi connectivity index (χ1v) is 6.75. The third-order valence-corrected chi connectivity index (χ3v) is 3.50. The number of hydrogen-bond acceptors (Lipinski definition) is 3. The number of hydrogen-bond donors (Lipinski definition) is 2. The molecule has 2 N–H and O–H groups in total. The highest BCUT2D eigenvalue weighted by atomic mass is 19.1. The van der Waals surface area contributed by atoms with E-state index in [0.29, 0.717) is 30.9 Å². The molecule has 1 fully saturated rings. The van der Waals surface area contributed by atoms with Crippen LogP contribution in [0.2, 0.25) is 0 Å². The summed E-state index contributed by atoms with van der Waals surface area (Å²) in [7, 11) is 0. The van der Waals surface area contributed by atoms with Crippen LogP contribution in [-0.2, 0) is 0 Å². The third-order valence-electron chi connectivity index (χ3n) is 3.50. The number of aryl methyl sites for hydroxylation is 1. The Hall–Kier alpha value is -1.66. The lowest BCUT2D eigenvalue weighted by Gasteiger charge is -2.34. The van der Waals surface area contributed by atoms with Gasteiger partial charge in [0.15, 0.2) is 0 Å². The molecule has 0 spiro atoms. The maximum absolute atomic E-state index is 13.4. The van der Waals surface area contributed by atoms with Gasteiger partial charge in [-0.2, -0.15) is 0 Å². The maximum atomic E-state index is 13.4.